The van der Waals surface area contributed by atoms with Gasteiger partial charge < -0.3 is 4.90 Å². The number of hydrogen-bond acceptors (Lipinski definition) is 7. The molecule has 9 nitrogen and oxygen atoms in total. The highest BCUT2D eigenvalue weighted by Crippen LogP contribution is 2.30. The summed E-state index contributed by atoms with van der Waals surface area (Å²) in [6.07, 6.45) is 3.59. The van der Waals surface area contributed by atoms with Gasteiger partial charge in [0.2, 0.25) is 0 Å². The maximum absolute atomic E-state index is 4.69. The van der Waals surface area contributed by atoms with E-state index in [-0.39, 0.29) is 0 Å². The second kappa shape index (κ2) is 6.79. The molecule has 0 radical (unpaired) electrons. The van der Waals surface area contributed by atoms with Crippen molar-refractivity contribution in [2.24, 2.45) is 0 Å². The Kier molecular flexibility index (Phi) is 3.98. The number of aromatic amines is 1. The molecule has 0 amide bonds. The number of fused-ring (bicyclic) bond motifs is 1. The number of aryl methyl sites for hydroxylation is 1. The Hall–Kier alpha value is -4.14. The van der Waals surface area contributed by atoms with Gasteiger partial charge in [0.15, 0.2) is 11.5 Å². The van der Waals surface area contributed by atoms with Gasteiger partial charge in [0.25, 0.3) is 0 Å². The van der Waals surface area contributed by atoms with Gasteiger partial charge in [-0.2, -0.15) is 9.61 Å². The molecule has 5 rings (SSSR count). The number of benzene rings is 1. The average molecular weight is 383 g/mol. The minimum Gasteiger partial charge on any atom is -0.328 e. The molecule has 0 unspecified atom stereocenters. The number of aromatic nitrogens is 8. The van der Waals surface area contributed by atoms with E-state index in [4.69, 9.17) is 0 Å². The Balaban J connectivity index is 1.52. The summed E-state index contributed by atoms with van der Waals surface area (Å²) in [4.78, 5) is 11.2. The van der Waals surface area contributed by atoms with Gasteiger partial charge in [-0.05, 0) is 29.5 Å². The number of rotatable bonds is 4. The van der Waals surface area contributed by atoms with Crippen LogP contribution in [0.4, 0.5) is 11.5 Å². The van der Waals surface area contributed by atoms with Crippen molar-refractivity contribution in [1.82, 2.24) is 40.2 Å². The molecule has 0 saturated heterocycles. The monoisotopic (exact) mass is 383 g/mol. The van der Waals surface area contributed by atoms with Crippen LogP contribution in [0.3, 0.4) is 0 Å². The molecule has 0 saturated carbocycles. The lowest BCUT2D eigenvalue weighted by Crippen LogP contribution is -2.15. The number of hydrogen-bond donors (Lipinski definition) is 1. The van der Waals surface area contributed by atoms with Crippen molar-refractivity contribution in [2.45, 2.75) is 6.92 Å². The first-order chi connectivity index (χ1) is 14.2. The van der Waals surface area contributed by atoms with Crippen LogP contribution in [0.25, 0.3) is 28.3 Å². The highest BCUT2D eigenvalue weighted by atomic mass is 15.5. The van der Waals surface area contributed by atoms with Crippen molar-refractivity contribution < 1.29 is 0 Å². The van der Waals surface area contributed by atoms with Gasteiger partial charge >= 0.3 is 0 Å². The topological polar surface area (TPSA) is 101 Å². The molecule has 1 N–H and O–H groups in total. The molecule has 4 aromatic heterocycles. The third-order valence-electron chi connectivity index (χ3n) is 4.75. The maximum Gasteiger partial charge on any atom is 0.180 e. The zero-order valence-corrected chi connectivity index (χ0v) is 15.9. The van der Waals surface area contributed by atoms with E-state index in [0.717, 1.165) is 39.7 Å². The summed E-state index contributed by atoms with van der Waals surface area (Å²) in [5.74, 6) is 1.53. The van der Waals surface area contributed by atoms with Crippen LogP contribution >= 0.6 is 0 Å². The zero-order chi connectivity index (χ0) is 19.8. The first kappa shape index (κ1) is 17.0. The molecule has 0 aliphatic carbocycles. The van der Waals surface area contributed by atoms with Crippen LogP contribution in [0.2, 0.25) is 0 Å². The van der Waals surface area contributed by atoms with Crippen molar-refractivity contribution in [2.75, 3.05) is 11.9 Å². The van der Waals surface area contributed by atoms with Crippen molar-refractivity contribution in [3.05, 3.63) is 66.6 Å². The predicted molar refractivity (Wildman–Crippen MR) is 109 cm³/mol. The number of tetrazole rings is 1. The van der Waals surface area contributed by atoms with Crippen LogP contribution in [0, 0.1) is 6.92 Å². The van der Waals surface area contributed by atoms with E-state index in [1.807, 2.05) is 78.1 Å². The Morgan fingerprint density at radius 1 is 1.03 bits per heavy atom. The molecule has 0 aliphatic heterocycles. The Labute approximate surface area is 166 Å². The molecule has 0 atom stereocenters. The fourth-order valence-electron chi connectivity index (χ4n) is 3.32. The second-order valence-electron chi connectivity index (χ2n) is 6.61. The van der Waals surface area contributed by atoms with Crippen molar-refractivity contribution in [3.8, 4) is 22.6 Å². The Bertz CT molecular complexity index is 1270. The van der Waals surface area contributed by atoms with Crippen LogP contribution in [0.15, 0.2) is 60.9 Å². The fraction of sp³-hybridized carbons (Fsp3) is 0.100. The van der Waals surface area contributed by atoms with E-state index in [1.54, 1.807) is 6.20 Å². The van der Waals surface area contributed by atoms with Crippen LogP contribution in [0.1, 0.15) is 5.69 Å². The van der Waals surface area contributed by atoms with Gasteiger partial charge in [-0.15, -0.1) is 5.10 Å². The predicted octanol–water partition coefficient (Wildman–Crippen LogP) is 3.05. The normalized spacial score (nSPS) is 11.1. The third kappa shape index (κ3) is 2.98. The smallest absolute Gasteiger partial charge is 0.180 e. The van der Waals surface area contributed by atoms with E-state index in [1.165, 1.54) is 0 Å². The second-order valence-corrected chi connectivity index (χ2v) is 6.61. The first-order valence-corrected chi connectivity index (χ1v) is 9.05. The summed E-state index contributed by atoms with van der Waals surface area (Å²) in [5.41, 5.74) is 5.37. The number of anilines is 2. The van der Waals surface area contributed by atoms with Crippen molar-refractivity contribution >= 4 is 17.2 Å². The van der Waals surface area contributed by atoms with Gasteiger partial charge in [-0.25, -0.2) is 10.1 Å². The molecule has 0 bridgehead atoms. The lowest BCUT2D eigenvalue weighted by molar-refractivity contribution is 0.881. The molecule has 4 heterocycles. The van der Waals surface area contributed by atoms with E-state index in [2.05, 4.69) is 35.7 Å². The van der Waals surface area contributed by atoms with Gasteiger partial charge in [0, 0.05) is 36.0 Å². The highest BCUT2D eigenvalue weighted by molar-refractivity contribution is 5.79. The lowest BCUT2D eigenvalue weighted by Gasteiger charge is -2.20. The first-order valence-electron chi connectivity index (χ1n) is 9.05. The quantitative estimate of drug-likeness (QED) is 0.509. The largest absolute Gasteiger partial charge is 0.328 e. The van der Waals surface area contributed by atoms with Crippen LogP contribution in [0.5, 0.6) is 0 Å². The molecule has 0 fully saturated rings. The highest BCUT2D eigenvalue weighted by Gasteiger charge is 2.14. The molecule has 142 valence electrons. The molecule has 0 spiro atoms. The Morgan fingerprint density at radius 3 is 2.66 bits per heavy atom. The average Bonchev–Trinajstić information content (AvgIpc) is 3.45. The summed E-state index contributed by atoms with van der Waals surface area (Å²) in [7, 11) is 1.99. The van der Waals surface area contributed by atoms with E-state index >= 15 is 0 Å². The summed E-state index contributed by atoms with van der Waals surface area (Å²) in [6, 6.07) is 15.8. The fourth-order valence-corrected chi connectivity index (χ4v) is 3.32. The van der Waals surface area contributed by atoms with Crippen LogP contribution < -0.4 is 4.90 Å². The molecule has 5 aromatic rings. The molecule has 29 heavy (non-hydrogen) atoms. The van der Waals surface area contributed by atoms with Crippen molar-refractivity contribution in [1.29, 1.82) is 0 Å². The Morgan fingerprint density at radius 2 is 1.90 bits per heavy atom. The maximum atomic E-state index is 4.69. The molecular formula is C20H17N9. The number of nitrogens with zero attached hydrogens (tertiary/aromatic N) is 8. The third-order valence-corrected chi connectivity index (χ3v) is 4.75. The van der Waals surface area contributed by atoms with E-state index in [9.17, 15) is 0 Å². The van der Waals surface area contributed by atoms with Crippen LogP contribution in [-0.2, 0) is 0 Å². The SMILES string of the molecule is Cc1cc(N(C)c2ccc(-c3ccccc3-c3nnn[nH]3)nc2)n2nccc2n1. The number of nitrogens with one attached hydrogen (secondary N) is 1. The molecular weight excluding hydrogens is 366 g/mol. The summed E-state index contributed by atoms with van der Waals surface area (Å²) < 4.78 is 1.81. The van der Waals surface area contributed by atoms with Gasteiger partial charge in [0.05, 0.1) is 23.8 Å². The van der Waals surface area contributed by atoms with Gasteiger partial charge in [-0.1, -0.05) is 24.3 Å². The zero-order valence-electron chi connectivity index (χ0n) is 15.9. The summed E-state index contributed by atoms with van der Waals surface area (Å²) in [6.45, 7) is 1.97. The number of H-pyrrole nitrogens is 1. The summed E-state index contributed by atoms with van der Waals surface area (Å²) in [5, 5.41) is 18.6. The molecule has 9 heteroatoms. The van der Waals surface area contributed by atoms with E-state index < -0.39 is 0 Å². The lowest BCUT2D eigenvalue weighted by atomic mass is 10.0. The number of pyridine rings is 1. The van der Waals surface area contributed by atoms with Gasteiger partial charge in [0.1, 0.15) is 5.82 Å². The summed E-state index contributed by atoms with van der Waals surface area (Å²) >= 11 is 0. The van der Waals surface area contributed by atoms with Gasteiger partial charge in [-0.3, -0.25) is 4.98 Å². The standard InChI is InChI=1S/C20H17N9/c1-13-11-19(29-18(23-13)9-10-22-29)28(2)14-7-8-17(21-12-14)15-5-3-4-6-16(15)20-24-26-27-25-20/h3-12H,1-2H3,(H,24,25,26,27). The van der Waals surface area contributed by atoms with E-state index in [0.29, 0.717) is 5.82 Å². The minimum absolute atomic E-state index is 0.608. The van der Waals surface area contributed by atoms with Crippen molar-refractivity contribution in [3.63, 3.8) is 0 Å². The van der Waals surface area contributed by atoms with Crippen LogP contribution in [-0.4, -0.2) is 47.3 Å². The molecule has 1 aromatic carbocycles. The molecule has 0 aliphatic rings. The minimum atomic E-state index is 0.608.